The number of fused-ring (bicyclic) bond motifs is 1. The Hall–Kier alpha value is -4.03. The van der Waals surface area contributed by atoms with Crippen molar-refractivity contribution in [3.05, 3.63) is 89.6 Å². The lowest BCUT2D eigenvalue weighted by atomic mass is 9.92. The number of ketones is 1. The maximum absolute atomic E-state index is 12.7. The summed E-state index contributed by atoms with van der Waals surface area (Å²) in [5.41, 5.74) is 5.34. The van der Waals surface area contributed by atoms with Gasteiger partial charge in [-0.15, -0.1) is 0 Å². The standard InChI is InChI=1S/C38H47NO5/c1-4-5-6-27(8-7-26(2)3)9-13-33(41)14-10-28-11-16-36(43)37(21-28)44-20-18-29-12-15-34(42)24-35(29)31-22-30-17-19-39-38(30)32(23-31)25-40/h9,11-13,15-17,19,21-24,26-27,39-40,42-43H,4-8,10,14,18,20,25H2,1-3H3/b13-9+/t27-/m0/s1. The third kappa shape index (κ3) is 9.23. The Kier molecular flexibility index (Phi) is 12.1. The molecule has 0 saturated heterocycles. The molecule has 4 aromatic rings. The SMILES string of the molecule is CCCC[C@H](/C=C/C(=O)CCc1ccc(O)c(OCCc2ccc(O)cc2-c2cc(CO)c3[nH]ccc3c2)c1)CCC(C)C. The van der Waals surface area contributed by atoms with Crippen molar-refractivity contribution in [2.24, 2.45) is 11.8 Å². The van der Waals surface area contributed by atoms with Gasteiger partial charge in [-0.2, -0.15) is 0 Å². The minimum atomic E-state index is -0.0998. The summed E-state index contributed by atoms with van der Waals surface area (Å²) >= 11 is 0. The first-order valence-electron chi connectivity index (χ1n) is 16.0. The van der Waals surface area contributed by atoms with Crippen LogP contribution in [0.25, 0.3) is 22.0 Å². The van der Waals surface area contributed by atoms with E-state index in [1.165, 1.54) is 12.8 Å². The minimum Gasteiger partial charge on any atom is -0.508 e. The van der Waals surface area contributed by atoms with Crippen molar-refractivity contribution in [3.8, 4) is 28.4 Å². The summed E-state index contributed by atoms with van der Waals surface area (Å²) in [6.07, 6.45) is 13.0. The van der Waals surface area contributed by atoms with Gasteiger partial charge in [0.2, 0.25) is 0 Å². The van der Waals surface area contributed by atoms with E-state index in [2.05, 4.69) is 31.8 Å². The molecule has 0 aliphatic carbocycles. The predicted octanol–water partition coefficient (Wildman–Crippen LogP) is 8.66. The summed E-state index contributed by atoms with van der Waals surface area (Å²) in [4.78, 5) is 15.9. The molecule has 0 spiro atoms. The van der Waals surface area contributed by atoms with E-state index in [9.17, 15) is 20.1 Å². The van der Waals surface area contributed by atoms with E-state index in [4.69, 9.17) is 4.74 Å². The van der Waals surface area contributed by atoms with Gasteiger partial charge < -0.3 is 25.0 Å². The maximum Gasteiger partial charge on any atom is 0.161 e. The molecular weight excluding hydrogens is 550 g/mol. The first-order valence-corrected chi connectivity index (χ1v) is 16.0. The topological polar surface area (TPSA) is 103 Å². The molecule has 3 aromatic carbocycles. The molecule has 0 amide bonds. The Morgan fingerprint density at radius 1 is 0.955 bits per heavy atom. The zero-order chi connectivity index (χ0) is 31.5. The minimum absolute atomic E-state index is 0.0558. The summed E-state index contributed by atoms with van der Waals surface area (Å²) in [5, 5.41) is 31.6. The monoisotopic (exact) mass is 597 g/mol. The van der Waals surface area contributed by atoms with Crippen LogP contribution in [0, 0.1) is 11.8 Å². The molecule has 6 nitrogen and oxygen atoms in total. The van der Waals surface area contributed by atoms with E-state index >= 15 is 0 Å². The number of aryl methyl sites for hydroxylation is 1. The number of benzene rings is 3. The summed E-state index contributed by atoms with van der Waals surface area (Å²) in [7, 11) is 0. The van der Waals surface area contributed by atoms with E-state index < -0.39 is 0 Å². The van der Waals surface area contributed by atoms with Gasteiger partial charge in [0, 0.05) is 30.0 Å². The highest BCUT2D eigenvalue weighted by Crippen LogP contribution is 2.33. The number of hydrogen-bond acceptors (Lipinski definition) is 5. The van der Waals surface area contributed by atoms with Gasteiger partial charge in [-0.05, 0) is 102 Å². The summed E-state index contributed by atoms with van der Waals surface area (Å²) in [5.74, 6) is 1.84. The molecule has 44 heavy (non-hydrogen) atoms. The summed E-state index contributed by atoms with van der Waals surface area (Å²) in [6.45, 7) is 6.90. The van der Waals surface area contributed by atoms with Gasteiger partial charge in [-0.1, -0.05) is 58.2 Å². The summed E-state index contributed by atoms with van der Waals surface area (Å²) < 4.78 is 6.02. The fourth-order valence-electron chi connectivity index (χ4n) is 5.63. The van der Waals surface area contributed by atoms with Gasteiger partial charge in [-0.25, -0.2) is 0 Å². The Morgan fingerprint density at radius 2 is 1.80 bits per heavy atom. The van der Waals surface area contributed by atoms with Crippen LogP contribution in [0.4, 0.5) is 0 Å². The quantitative estimate of drug-likeness (QED) is 0.0912. The number of aliphatic hydroxyl groups is 1. The number of aromatic nitrogens is 1. The highest BCUT2D eigenvalue weighted by Gasteiger charge is 2.13. The van der Waals surface area contributed by atoms with Crippen LogP contribution in [0.3, 0.4) is 0 Å². The van der Waals surface area contributed by atoms with Gasteiger partial charge in [-0.3, -0.25) is 4.79 Å². The number of nitrogens with one attached hydrogen (secondary N) is 1. The van der Waals surface area contributed by atoms with Crippen molar-refractivity contribution in [1.82, 2.24) is 4.98 Å². The second-order valence-electron chi connectivity index (χ2n) is 12.2. The van der Waals surface area contributed by atoms with Crippen molar-refractivity contribution in [2.75, 3.05) is 6.61 Å². The van der Waals surface area contributed by atoms with Crippen molar-refractivity contribution in [1.29, 1.82) is 0 Å². The number of carbonyl (C=O) groups is 1. The Balaban J connectivity index is 1.37. The van der Waals surface area contributed by atoms with Crippen molar-refractivity contribution in [3.63, 3.8) is 0 Å². The lowest BCUT2D eigenvalue weighted by Crippen LogP contribution is -2.04. The van der Waals surface area contributed by atoms with E-state index in [1.54, 1.807) is 24.3 Å². The molecule has 1 aromatic heterocycles. The molecule has 0 radical (unpaired) electrons. The van der Waals surface area contributed by atoms with Crippen LogP contribution in [0.15, 0.2) is 72.9 Å². The van der Waals surface area contributed by atoms with E-state index in [0.717, 1.165) is 58.0 Å². The molecule has 234 valence electrons. The molecule has 6 heteroatoms. The molecule has 4 rings (SSSR count). The zero-order valence-corrected chi connectivity index (χ0v) is 26.3. The summed E-state index contributed by atoms with van der Waals surface area (Å²) in [6, 6.07) is 16.4. The highest BCUT2D eigenvalue weighted by atomic mass is 16.5. The Morgan fingerprint density at radius 3 is 2.57 bits per heavy atom. The van der Waals surface area contributed by atoms with E-state index in [0.29, 0.717) is 43.5 Å². The van der Waals surface area contributed by atoms with Crippen molar-refractivity contribution < 1.29 is 24.9 Å². The molecule has 1 heterocycles. The Labute approximate surface area is 261 Å². The zero-order valence-electron chi connectivity index (χ0n) is 26.3. The molecular formula is C38H47NO5. The number of aromatic amines is 1. The number of carbonyl (C=O) groups excluding carboxylic acids is 1. The lowest BCUT2D eigenvalue weighted by Gasteiger charge is -2.14. The first kappa shape index (κ1) is 32.9. The van der Waals surface area contributed by atoms with Crippen LogP contribution < -0.4 is 4.74 Å². The third-order valence-electron chi connectivity index (χ3n) is 8.23. The Bertz CT molecular complexity index is 1550. The molecule has 0 aliphatic rings. The van der Waals surface area contributed by atoms with Crippen LogP contribution in [0.1, 0.15) is 76.0 Å². The number of aliphatic hydroxyl groups excluding tert-OH is 1. The smallest absolute Gasteiger partial charge is 0.161 e. The van der Waals surface area contributed by atoms with Gasteiger partial charge in [0.15, 0.2) is 17.3 Å². The van der Waals surface area contributed by atoms with Crippen LogP contribution in [-0.4, -0.2) is 32.7 Å². The number of phenols is 2. The first-order chi connectivity index (χ1) is 21.3. The highest BCUT2D eigenvalue weighted by molar-refractivity contribution is 5.90. The molecule has 4 N–H and O–H groups in total. The number of allylic oxidation sites excluding steroid dienone is 2. The fraction of sp³-hybridized carbons (Fsp3) is 0.395. The molecule has 0 aliphatic heterocycles. The number of unbranched alkanes of at least 4 members (excludes halogenated alkanes) is 1. The van der Waals surface area contributed by atoms with Crippen molar-refractivity contribution in [2.45, 2.75) is 78.7 Å². The number of ether oxygens (including phenoxy) is 1. The molecule has 0 unspecified atom stereocenters. The maximum atomic E-state index is 12.7. The van der Waals surface area contributed by atoms with E-state index in [1.807, 2.05) is 42.6 Å². The third-order valence-corrected chi connectivity index (χ3v) is 8.23. The molecule has 0 saturated carbocycles. The number of rotatable bonds is 17. The van der Waals surface area contributed by atoms with Crippen LogP contribution in [-0.2, 0) is 24.2 Å². The number of aromatic hydroxyl groups is 2. The van der Waals surface area contributed by atoms with Gasteiger partial charge in [0.05, 0.1) is 18.7 Å². The van der Waals surface area contributed by atoms with Crippen molar-refractivity contribution >= 4 is 16.7 Å². The largest absolute Gasteiger partial charge is 0.508 e. The fourth-order valence-corrected chi connectivity index (χ4v) is 5.63. The molecule has 1 atom stereocenters. The second kappa shape index (κ2) is 16.2. The van der Waals surface area contributed by atoms with Crippen LogP contribution >= 0.6 is 0 Å². The second-order valence-corrected chi connectivity index (χ2v) is 12.2. The van der Waals surface area contributed by atoms with Gasteiger partial charge >= 0.3 is 0 Å². The lowest BCUT2D eigenvalue weighted by molar-refractivity contribution is -0.114. The number of H-pyrrole nitrogens is 1. The number of phenolic OH excluding ortho intramolecular Hbond substituents is 2. The van der Waals surface area contributed by atoms with Crippen LogP contribution in [0.5, 0.6) is 17.2 Å². The normalized spacial score (nSPS) is 12.4. The van der Waals surface area contributed by atoms with E-state index in [-0.39, 0.29) is 23.9 Å². The predicted molar refractivity (Wildman–Crippen MR) is 178 cm³/mol. The van der Waals surface area contributed by atoms with Gasteiger partial charge in [0.1, 0.15) is 5.75 Å². The molecule has 0 bridgehead atoms. The average Bonchev–Trinajstić information content (AvgIpc) is 3.50. The van der Waals surface area contributed by atoms with Gasteiger partial charge in [0.25, 0.3) is 0 Å². The average molecular weight is 598 g/mol. The van der Waals surface area contributed by atoms with Crippen LogP contribution in [0.2, 0.25) is 0 Å². The molecule has 0 fully saturated rings. The number of hydrogen-bond donors (Lipinski definition) is 4.